The average molecular weight is 406 g/mol. The molecule has 0 bridgehead atoms. The fraction of sp³-hybridized carbons (Fsp3) is 0. The molecule has 2 aromatic carbocycles. The van der Waals surface area contributed by atoms with Crippen LogP contribution in [0, 0.1) is 11.6 Å². The molecule has 0 heterocycles. The molecule has 2 aromatic rings. The van der Waals surface area contributed by atoms with Crippen LogP contribution in [0.1, 0.15) is 0 Å². The molecule has 0 atom stereocenters. The van der Waals surface area contributed by atoms with E-state index in [1.165, 1.54) is 24.3 Å². The highest BCUT2D eigenvalue weighted by atomic mass is 79.9. The van der Waals surface area contributed by atoms with Crippen molar-refractivity contribution in [2.24, 2.45) is 0 Å². The quantitative estimate of drug-likeness (QED) is 0.714. The lowest BCUT2D eigenvalue weighted by Gasteiger charge is -2.11. The normalized spacial score (nSPS) is 10.2. The number of hydrogen-bond donors (Lipinski definition) is 2. The summed E-state index contributed by atoms with van der Waals surface area (Å²) in [5.74, 6) is -1.19. The molecule has 0 saturated heterocycles. The van der Waals surface area contributed by atoms with Crippen molar-refractivity contribution >= 4 is 49.3 Å². The standard InChI is InChI=1S/C13H8Br2F2N2O/c14-7-3-1-5-9(16)11(7)18-13(20)19-12-8(15)4-2-6-10(12)17/h1-6H,(H2,18,19,20). The Labute approximate surface area is 130 Å². The molecule has 7 heteroatoms. The van der Waals surface area contributed by atoms with E-state index in [4.69, 9.17) is 0 Å². The largest absolute Gasteiger partial charge is 0.323 e. The van der Waals surface area contributed by atoms with Crippen LogP contribution in [-0.4, -0.2) is 6.03 Å². The van der Waals surface area contributed by atoms with Crippen LogP contribution in [-0.2, 0) is 0 Å². The van der Waals surface area contributed by atoms with Gasteiger partial charge in [-0.3, -0.25) is 0 Å². The van der Waals surface area contributed by atoms with Crippen LogP contribution in [0.3, 0.4) is 0 Å². The summed E-state index contributed by atoms with van der Waals surface area (Å²) in [6, 6.07) is 7.82. The third kappa shape index (κ3) is 3.34. The predicted molar refractivity (Wildman–Crippen MR) is 80.8 cm³/mol. The number of anilines is 2. The summed E-state index contributed by atoms with van der Waals surface area (Å²) >= 11 is 6.25. The molecule has 0 aliphatic carbocycles. The van der Waals surface area contributed by atoms with Gasteiger partial charge in [0.15, 0.2) is 0 Å². The monoisotopic (exact) mass is 404 g/mol. The molecule has 2 amide bonds. The number of benzene rings is 2. The molecule has 20 heavy (non-hydrogen) atoms. The minimum atomic E-state index is -0.749. The Morgan fingerprint density at radius 1 is 0.850 bits per heavy atom. The van der Waals surface area contributed by atoms with Crippen molar-refractivity contribution in [3.63, 3.8) is 0 Å². The smallest absolute Gasteiger partial charge is 0.304 e. The number of nitrogens with one attached hydrogen (secondary N) is 2. The zero-order valence-corrected chi connectivity index (χ0v) is 13.1. The van der Waals surface area contributed by atoms with Gasteiger partial charge in [-0.05, 0) is 56.1 Å². The zero-order valence-electron chi connectivity index (χ0n) is 9.88. The topological polar surface area (TPSA) is 41.1 Å². The molecule has 0 unspecified atom stereocenters. The molecule has 0 aromatic heterocycles. The first kappa shape index (κ1) is 14.9. The van der Waals surface area contributed by atoms with Gasteiger partial charge in [0.05, 0.1) is 11.4 Å². The van der Waals surface area contributed by atoms with Gasteiger partial charge < -0.3 is 10.6 Å². The molecule has 0 saturated carbocycles. The Morgan fingerprint density at radius 3 is 1.60 bits per heavy atom. The summed E-state index contributed by atoms with van der Waals surface area (Å²) in [7, 11) is 0. The Balaban J connectivity index is 2.18. The molecule has 0 aliphatic heterocycles. The minimum absolute atomic E-state index is 0.0162. The zero-order chi connectivity index (χ0) is 14.7. The van der Waals surface area contributed by atoms with Crippen LogP contribution in [0.4, 0.5) is 25.0 Å². The maximum absolute atomic E-state index is 13.6. The number of halogens is 4. The maximum atomic E-state index is 13.6. The Hall–Kier alpha value is -1.47. The second-order valence-corrected chi connectivity index (χ2v) is 5.48. The number of carbonyl (C=O) groups excluding carboxylic acids is 1. The maximum Gasteiger partial charge on any atom is 0.323 e. The number of amides is 2. The van der Waals surface area contributed by atoms with Crippen LogP contribution in [0.25, 0.3) is 0 Å². The summed E-state index contributed by atoms with van der Waals surface area (Å²) in [6.07, 6.45) is 0. The van der Waals surface area contributed by atoms with Crippen molar-refractivity contribution < 1.29 is 13.6 Å². The van der Waals surface area contributed by atoms with Gasteiger partial charge in [-0.2, -0.15) is 0 Å². The van der Waals surface area contributed by atoms with Crippen LogP contribution in [0.5, 0.6) is 0 Å². The average Bonchev–Trinajstić information content (AvgIpc) is 2.39. The second kappa shape index (κ2) is 6.32. The second-order valence-electron chi connectivity index (χ2n) is 3.77. The summed E-state index contributed by atoms with van der Waals surface area (Å²) in [6.45, 7) is 0. The predicted octanol–water partition coefficient (Wildman–Crippen LogP) is 5.13. The lowest BCUT2D eigenvalue weighted by Crippen LogP contribution is -2.21. The molecule has 0 radical (unpaired) electrons. The fourth-order valence-corrected chi connectivity index (χ4v) is 2.38. The summed E-state index contributed by atoms with van der Waals surface area (Å²) < 4.78 is 27.9. The van der Waals surface area contributed by atoms with Gasteiger partial charge >= 0.3 is 6.03 Å². The van der Waals surface area contributed by atoms with Crippen LogP contribution < -0.4 is 10.6 Å². The van der Waals surface area contributed by atoms with E-state index in [1.807, 2.05) is 0 Å². The lowest BCUT2D eigenvalue weighted by molar-refractivity contribution is 0.262. The minimum Gasteiger partial charge on any atom is -0.304 e. The van der Waals surface area contributed by atoms with Crippen LogP contribution in [0.2, 0.25) is 0 Å². The molecule has 0 spiro atoms. The number of hydrogen-bond acceptors (Lipinski definition) is 1. The third-order valence-electron chi connectivity index (χ3n) is 2.40. The molecule has 0 fully saturated rings. The van der Waals surface area contributed by atoms with Crippen molar-refractivity contribution in [3.05, 3.63) is 57.0 Å². The van der Waals surface area contributed by atoms with Crippen molar-refractivity contribution in [1.82, 2.24) is 0 Å². The highest BCUT2D eigenvalue weighted by molar-refractivity contribution is 9.11. The van der Waals surface area contributed by atoms with E-state index in [1.54, 1.807) is 12.1 Å². The number of rotatable bonds is 2. The van der Waals surface area contributed by atoms with Gasteiger partial charge in [0.25, 0.3) is 0 Å². The summed E-state index contributed by atoms with van der Waals surface area (Å²) in [4.78, 5) is 11.8. The molecule has 3 nitrogen and oxygen atoms in total. The van der Waals surface area contributed by atoms with E-state index in [0.29, 0.717) is 8.95 Å². The Kier molecular flexibility index (Phi) is 4.72. The van der Waals surface area contributed by atoms with Gasteiger partial charge in [-0.15, -0.1) is 0 Å². The highest BCUT2D eigenvalue weighted by Gasteiger charge is 2.13. The van der Waals surface area contributed by atoms with Crippen molar-refractivity contribution in [3.8, 4) is 0 Å². The first-order valence-electron chi connectivity index (χ1n) is 5.45. The molecule has 2 rings (SSSR count). The highest BCUT2D eigenvalue weighted by Crippen LogP contribution is 2.27. The molecular weight excluding hydrogens is 398 g/mol. The van der Waals surface area contributed by atoms with Crippen LogP contribution in [0.15, 0.2) is 45.3 Å². The summed E-state index contributed by atoms with van der Waals surface area (Å²) in [5.41, 5.74) is -0.0325. The first-order chi connectivity index (χ1) is 9.49. The van der Waals surface area contributed by atoms with E-state index in [9.17, 15) is 13.6 Å². The molecular formula is C13H8Br2F2N2O. The van der Waals surface area contributed by atoms with Crippen molar-refractivity contribution in [2.45, 2.75) is 0 Å². The third-order valence-corrected chi connectivity index (χ3v) is 3.72. The van der Waals surface area contributed by atoms with Crippen LogP contribution >= 0.6 is 31.9 Å². The molecule has 2 N–H and O–H groups in total. The van der Waals surface area contributed by atoms with Gasteiger partial charge in [-0.1, -0.05) is 12.1 Å². The van der Waals surface area contributed by atoms with Crippen molar-refractivity contribution in [1.29, 1.82) is 0 Å². The fourth-order valence-electron chi connectivity index (χ4n) is 1.49. The van der Waals surface area contributed by atoms with Gasteiger partial charge in [0.1, 0.15) is 11.6 Å². The van der Waals surface area contributed by atoms with E-state index < -0.39 is 17.7 Å². The Bertz CT molecular complexity index is 569. The summed E-state index contributed by atoms with van der Waals surface area (Å²) in [5, 5.41) is 4.64. The SMILES string of the molecule is O=C(Nc1c(F)cccc1Br)Nc1c(F)cccc1Br. The van der Waals surface area contributed by atoms with E-state index in [0.717, 1.165) is 0 Å². The lowest BCUT2D eigenvalue weighted by atomic mass is 10.3. The number of urea groups is 1. The van der Waals surface area contributed by atoms with Gasteiger partial charge in [-0.25, -0.2) is 13.6 Å². The van der Waals surface area contributed by atoms with Gasteiger partial charge in [0, 0.05) is 8.95 Å². The van der Waals surface area contributed by atoms with Gasteiger partial charge in [0.2, 0.25) is 0 Å². The van der Waals surface area contributed by atoms with E-state index in [2.05, 4.69) is 42.5 Å². The molecule has 0 aliphatic rings. The van der Waals surface area contributed by atoms with E-state index >= 15 is 0 Å². The first-order valence-corrected chi connectivity index (χ1v) is 7.03. The Morgan fingerprint density at radius 2 is 1.25 bits per heavy atom. The van der Waals surface area contributed by atoms with Crippen molar-refractivity contribution in [2.75, 3.05) is 10.6 Å². The number of carbonyl (C=O) groups is 1. The number of para-hydroxylation sites is 2. The molecule has 104 valence electrons. The van der Waals surface area contributed by atoms with E-state index in [-0.39, 0.29) is 11.4 Å².